The molecule has 5 rings (SSSR count). The predicted octanol–water partition coefficient (Wildman–Crippen LogP) is 3.94. The van der Waals surface area contributed by atoms with Gasteiger partial charge in [-0.05, 0) is 83.1 Å². The molecule has 7 nitrogen and oxygen atoms in total. The average molecular weight is 482 g/mol. The van der Waals surface area contributed by atoms with E-state index in [4.69, 9.17) is 4.98 Å². The fourth-order valence-corrected chi connectivity index (χ4v) is 5.57. The van der Waals surface area contributed by atoms with Crippen LogP contribution in [0.4, 0.5) is 16.0 Å². The predicted molar refractivity (Wildman–Crippen MR) is 134 cm³/mol. The lowest BCUT2D eigenvalue weighted by Gasteiger charge is -2.41. The maximum atomic E-state index is 14.5. The molecule has 0 unspecified atom stereocenters. The Hall–Kier alpha value is -2.74. The molecule has 2 aromatic rings. The second kappa shape index (κ2) is 9.37. The molecule has 8 heteroatoms. The molecule has 3 aliphatic rings. The van der Waals surface area contributed by atoms with Gasteiger partial charge >= 0.3 is 0 Å². The van der Waals surface area contributed by atoms with Crippen molar-refractivity contribution in [3.05, 3.63) is 47.5 Å². The van der Waals surface area contributed by atoms with E-state index in [-0.39, 0.29) is 29.8 Å². The third-order valence-electron chi connectivity index (χ3n) is 7.79. The number of halogens is 1. The summed E-state index contributed by atoms with van der Waals surface area (Å²) in [6, 6.07) is 7.56. The molecule has 0 spiro atoms. The van der Waals surface area contributed by atoms with Crippen LogP contribution in [0.25, 0.3) is 0 Å². The van der Waals surface area contributed by atoms with Crippen molar-refractivity contribution in [2.45, 2.75) is 83.0 Å². The summed E-state index contributed by atoms with van der Waals surface area (Å²) >= 11 is 0. The largest absolute Gasteiger partial charge is 0.390 e. The first-order valence-electron chi connectivity index (χ1n) is 12.9. The van der Waals surface area contributed by atoms with Crippen LogP contribution in [-0.4, -0.2) is 69.2 Å². The van der Waals surface area contributed by atoms with Gasteiger partial charge in [0.05, 0.1) is 11.3 Å². The monoisotopic (exact) mass is 481 g/mol. The summed E-state index contributed by atoms with van der Waals surface area (Å²) < 4.78 is 14.5. The minimum atomic E-state index is -0.628. The number of amides is 1. The number of hydrogen-bond acceptors (Lipinski definition) is 6. The van der Waals surface area contributed by atoms with Crippen molar-refractivity contribution >= 4 is 17.5 Å². The standard InChI is InChI=1S/C27H36FN5O2/c1-18-4-7-24(22(28)16-18)31-14-15-32(19(2)17-31)26-29-13-10-23(30-26)25(34)33(20-5-6-20)21-8-11-27(3,35)12-9-21/h4,7,10,13,16,19-21,35H,5-6,8-9,11-12,14-15,17H2,1-3H3/t19-,21?,27?/m1/s1. The SMILES string of the molecule is Cc1ccc(N2CCN(c3nccc(C(=O)N(C4CC4)C4CCC(C)(O)CC4)n3)[C@H](C)C2)c(F)c1. The summed E-state index contributed by atoms with van der Waals surface area (Å²) in [7, 11) is 0. The molecule has 2 saturated carbocycles. The second-order valence-electron chi connectivity index (χ2n) is 10.9. The fraction of sp³-hybridized carbons (Fsp3) is 0.593. The van der Waals surface area contributed by atoms with Crippen molar-refractivity contribution in [3.8, 4) is 0 Å². The van der Waals surface area contributed by atoms with Crippen LogP contribution >= 0.6 is 0 Å². The number of benzene rings is 1. The maximum Gasteiger partial charge on any atom is 0.273 e. The van der Waals surface area contributed by atoms with Crippen LogP contribution in [0.15, 0.2) is 30.5 Å². The number of piperazine rings is 1. The number of rotatable bonds is 5. The Kier molecular flexibility index (Phi) is 6.42. The minimum Gasteiger partial charge on any atom is -0.390 e. The molecule has 1 aromatic heterocycles. The fourth-order valence-electron chi connectivity index (χ4n) is 5.57. The number of carbonyl (C=O) groups excluding carboxylic acids is 1. The quantitative estimate of drug-likeness (QED) is 0.698. The molecule has 188 valence electrons. The van der Waals surface area contributed by atoms with Crippen molar-refractivity contribution in [1.82, 2.24) is 14.9 Å². The minimum absolute atomic E-state index is 0.0318. The van der Waals surface area contributed by atoms with Gasteiger partial charge in [-0.1, -0.05) is 6.07 Å². The molecule has 0 radical (unpaired) electrons. The van der Waals surface area contributed by atoms with Gasteiger partial charge in [0, 0.05) is 44.0 Å². The van der Waals surface area contributed by atoms with Crippen LogP contribution in [0, 0.1) is 12.7 Å². The lowest BCUT2D eigenvalue weighted by atomic mass is 9.83. The molecule has 3 fully saturated rings. The number of anilines is 2. The highest BCUT2D eigenvalue weighted by atomic mass is 19.1. The van der Waals surface area contributed by atoms with Gasteiger partial charge in [0.1, 0.15) is 11.5 Å². The van der Waals surface area contributed by atoms with Gasteiger partial charge in [0.25, 0.3) is 5.91 Å². The number of aryl methyl sites for hydroxylation is 1. The van der Waals surface area contributed by atoms with E-state index in [0.29, 0.717) is 49.8 Å². The van der Waals surface area contributed by atoms with E-state index in [1.54, 1.807) is 18.3 Å². The zero-order valence-electron chi connectivity index (χ0n) is 21.0. The number of nitrogens with zero attached hydrogens (tertiary/aromatic N) is 5. The van der Waals surface area contributed by atoms with E-state index in [0.717, 1.165) is 31.2 Å². The highest BCUT2D eigenvalue weighted by Gasteiger charge is 2.41. The summed E-state index contributed by atoms with van der Waals surface area (Å²) in [6.07, 6.45) is 6.81. The maximum absolute atomic E-state index is 14.5. The summed E-state index contributed by atoms with van der Waals surface area (Å²) in [6.45, 7) is 7.81. The van der Waals surface area contributed by atoms with Crippen LogP contribution in [0.2, 0.25) is 0 Å². The van der Waals surface area contributed by atoms with Crippen molar-refractivity contribution in [2.24, 2.45) is 0 Å². The summed E-state index contributed by atoms with van der Waals surface area (Å²) in [4.78, 5) is 29.0. The van der Waals surface area contributed by atoms with Gasteiger partial charge in [-0.25, -0.2) is 14.4 Å². The molecular formula is C27H36FN5O2. The molecule has 1 amide bonds. The molecule has 1 N–H and O–H groups in total. The highest BCUT2D eigenvalue weighted by molar-refractivity contribution is 5.93. The van der Waals surface area contributed by atoms with Gasteiger partial charge in [-0.2, -0.15) is 0 Å². The van der Waals surface area contributed by atoms with Gasteiger partial charge < -0.3 is 19.8 Å². The molecule has 2 aliphatic carbocycles. The van der Waals surface area contributed by atoms with Crippen molar-refractivity contribution in [2.75, 3.05) is 29.4 Å². The summed E-state index contributed by atoms with van der Waals surface area (Å²) in [5.74, 6) is 0.323. The van der Waals surface area contributed by atoms with Gasteiger partial charge in [0.2, 0.25) is 5.95 Å². The molecule has 0 bridgehead atoms. The van der Waals surface area contributed by atoms with Crippen molar-refractivity contribution in [3.63, 3.8) is 0 Å². The summed E-state index contributed by atoms with van der Waals surface area (Å²) in [5.41, 5.74) is 1.33. The van der Waals surface area contributed by atoms with Gasteiger partial charge in [-0.15, -0.1) is 0 Å². The molecule has 1 saturated heterocycles. The average Bonchev–Trinajstić information content (AvgIpc) is 3.65. The first-order valence-corrected chi connectivity index (χ1v) is 12.9. The number of aliphatic hydroxyl groups is 1. The topological polar surface area (TPSA) is 72.8 Å². The van der Waals surface area contributed by atoms with Crippen LogP contribution in [-0.2, 0) is 0 Å². The molecule has 2 heterocycles. The van der Waals surface area contributed by atoms with Crippen LogP contribution < -0.4 is 9.80 Å². The Morgan fingerprint density at radius 3 is 2.51 bits per heavy atom. The van der Waals surface area contributed by atoms with E-state index < -0.39 is 5.60 Å². The van der Waals surface area contributed by atoms with E-state index >= 15 is 0 Å². The lowest BCUT2D eigenvalue weighted by Crippen LogP contribution is -2.53. The molecular weight excluding hydrogens is 445 g/mol. The number of carbonyl (C=O) groups is 1. The van der Waals surface area contributed by atoms with E-state index in [9.17, 15) is 14.3 Å². The van der Waals surface area contributed by atoms with Crippen LogP contribution in [0.3, 0.4) is 0 Å². The smallest absolute Gasteiger partial charge is 0.273 e. The molecule has 1 atom stereocenters. The van der Waals surface area contributed by atoms with E-state index in [2.05, 4.69) is 21.7 Å². The van der Waals surface area contributed by atoms with Gasteiger partial charge in [0.15, 0.2) is 0 Å². The zero-order valence-corrected chi connectivity index (χ0v) is 21.0. The van der Waals surface area contributed by atoms with E-state index in [1.807, 2.05) is 30.9 Å². The Morgan fingerprint density at radius 2 is 1.86 bits per heavy atom. The van der Waals surface area contributed by atoms with Crippen molar-refractivity contribution in [1.29, 1.82) is 0 Å². The Labute approximate surface area is 207 Å². The highest BCUT2D eigenvalue weighted by Crippen LogP contribution is 2.37. The van der Waals surface area contributed by atoms with Gasteiger partial charge in [-0.3, -0.25) is 4.79 Å². The number of aromatic nitrogens is 2. The third kappa shape index (κ3) is 5.13. The third-order valence-corrected chi connectivity index (χ3v) is 7.79. The second-order valence-corrected chi connectivity index (χ2v) is 10.9. The Balaban J connectivity index is 1.30. The van der Waals surface area contributed by atoms with E-state index in [1.165, 1.54) is 0 Å². The first-order chi connectivity index (χ1) is 16.7. The molecule has 1 aliphatic heterocycles. The Morgan fingerprint density at radius 1 is 1.14 bits per heavy atom. The molecule has 35 heavy (non-hydrogen) atoms. The normalized spacial score (nSPS) is 27.1. The van der Waals surface area contributed by atoms with Crippen LogP contribution in [0.1, 0.15) is 68.4 Å². The van der Waals surface area contributed by atoms with Crippen molar-refractivity contribution < 1.29 is 14.3 Å². The first kappa shape index (κ1) is 24.0. The Bertz CT molecular complexity index is 1080. The van der Waals surface area contributed by atoms with Crippen LogP contribution in [0.5, 0.6) is 0 Å². The number of hydrogen-bond donors (Lipinski definition) is 1. The summed E-state index contributed by atoms with van der Waals surface area (Å²) in [5, 5.41) is 10.4. The zero-order chi connectivity index (χ0) is 24.7. The lowest BCUT2D eigenvalue weighted by molar-refractivity contribution is -0.00507. The molecule has 1 aromatic carbocycles.